The zero-order valence-corrected chi connectivity index (χ0v) is 14.9. The van der Waals surface area contributed by atoms with Gasteiger partial charge in [-0.1, -0.05) is 12.1 Å². The van der Waals surface area contributed by atoms with E-state index in [1.807, 2.05) is 12.1 Å². The zero-order chi connectivity index (χ0) is 17.6. The largest absolute Gasteiger partial charge is 0.497 e. The molecule has 1 amide bonds. The maximum absolute atomic E-state index is 12.1. The van der Waals surface area contributed by atoms with Gasteiger partial charge in [-0.2, -0.15) is 0 Å². The first-order chi connectivity index (χ1) is 12.1. The Labute approximate surface area is 149 Å². The first-order valence-corrected chi connectivity index (χ1v) is 9.18. The van der Waals surface area contributed by atoms with Crippen LogP contribution in [-0.4, -0.2) is 61.3 Å². The number of benzene rings is 1. The zero-order valence-electron chi connectivity index (χ0n) is 14.9. The number of aliphatic hydroxyl groups is 1. The molecule has 2 fully saturated rings. The summed E-state index contributed by atoms with van der Waals surface area (Å²) in [6.45, 7) is 4.35. The number of carbonyl (C=O) groups is 1. The van der Waals surface area contributed by atoms with E-state index in [9.17, 15) is 9.90 Å². The molecule has 25 heavy (non-hydrogen) atoms. The Morgan fingerprint density at radius 3 is 2.64 bits per heavy atom. The molecule has 0 bridgehead atoms. The van der Waals surface area contributed by atoms with Gasteiger partial charge in [0.15, 0.2) is 0 Å². The Balaban J connectivity index is 1.36. The Morgan fingerprint density at radius 2 is 2.04 bits per heavy atom. The van der Waals surface area contributed by atoms with Crippen molar-refractivity contribution >= 4 is 5.91 Å². The topological polar surface area (TPSA) is 73.8 Å². The standard InChI is InChI=1S/C19H29N3O3/c1-25-17-4-2-15(3-5-17)13-22-8-6-14(7-9-22)11-21-19(24)18-10-16(23)12-20-18/h2-5,14,16,18,20,23H,6-13H2,1H3,(H,21,24). The molecule has 0 aliphatic carbocycles. The number of nitrogens with zero attached hydrogens (tertiary/aromatic N) is 1. The van der Waals surface area contributed by atoms with Crippen molar-refractivity contribution in [3.05, 3.63) is 29.8 Å². The van der Waals surface area contributed by atoms with Crippen molar-refractivity contribution in [2.24, 2.45) is 5.92 Å². The quantitative estimate of drug-likeness (QED) is 0.708. The van der Waals surface area contributed by atoms with Gasteiger partial charge in [-0.05, 0) is 56.0 Å². The molecular weight excluding hydrogens is 318 g/mol. The lowest BCUT2D eigenvalue weighted by molar-refractivity contribution is -0.123. The fourth-order valence-corrected chi connectivity index (χ4v) is 3.62. The number of carbonyl (C=O) groups excluding carboxylic acids is 1. The molecule has 2 aliphatic rings. The predicted octanol–water partition coefficient (Wildman–Crippen LogP) is 0.746. The number of nitrogens with one attached hydrogen (secondary N) is 2. The van der Waals surface area contributed by atoms with Crippen molar-refractivity contribution in [3.8, 4) is 5.75 Å². The molecule has 3 rings (SSSR count). The van der Waals surface area contributed by atoms with Gasteiger partial charge >= 0.3 is 0 Å². The van der Waals surface area contributed by atoms with Gasteiger partial charge in [-0.15, -0.1) is 0 Å². The molecule has 3 N–H and O–H groups in total. The molecule has 2 atom stereocenters. The normalized spacial score (nSPS) is 25.0. The second kappa shape index (κ2) is 8.65. The van der Waals surface area contributed by atoms with Crippen LogP contribution in [0.2, 0.25) is 0 Å². The summed E-state index contributed by atoms with van der Waals surface area (Å²) < 4.78 is 5.20. The lowest BCUT2D eigenvalue weighted by Gasteiger charge is -2.32. The second-order valence-corrected chi connectivity index (χ2v) is 7.16. The average molecular weight is 347 g/mol. The van der Waals surface area contributed by atoms with E-state index >= 15 is 0 Å². The lowest BCUT2D eigenvalue weighted by Crippen LogP contribution is -2.44. The maximum atomic E-state index is 12.1. The number of hydrogen-bond donors (Lipinski definition) is 3. The molecule has 0 aromatic heterocycles. The summed E-state index contributed by atoms with van der Waals surface area (Å²) in [6, 6.07) is 8.02. The summed E-state index contributed by atoms with van der Waals surface area (Å²) >= 11 is 0. The Morgan fingerprint density at radius 1 is 1.32 bits per heavy atom. The van der Waals surface area contributed by atoms with Crippen LogP contribution in [-0.2, 0) is 11.3 Å². The van der Waals surface area contributed by atoms with Crippen LogP contribution in [0.5, 0.6) is 5.75 Å². The predicted molar refractivity (Wildman–Crippen MR) is 96.4 cm³/mol. The third kappa shape index (κ3) is 5.17. The van der Waals surface area contributed by atoms with Crippen LogP contribution in [0.25, 0.3) is 0 Å². The third-order valence-electron chi connectivity index (χ3n) is 5.26. The molecule has 6 nitrogen and oxygen atoms in total. The molecule has 2 saturated heterocycles. The van der Waals surface area contributed by atoms with Crippen molar-refractivity contribution in [1.29, 1.82) is 0 Å². The van der Waals surface area contributed by atoms with Gasteiger partial charge in [0, 0.05) is 19.6 Å². The van der Waals surface area contributed by atoms with Crippen LogP contribution in [0.3, 0.4) is 0 Å². The SMILES string of the molecule is COc1ccc(CN2CCC(CNC(=O)C3CC(O)CN3)CC2)cc1. The summed E-state index contributed by atoms with van der Waals surface area (Å²) in [7, 11) is 1.68. The van der Waals surface area contributed by atoms with Gasteiger partial charge in [0.25, 0.3) is 0 Å². The van der Waals surface area contributed by atoms with Crippen molar-refractivity contribution in [2.45, 2.75) is 38.0 Å². The second-order valence-electron chi connectivity index (χ2n) is 7.16. The Kier molecular flexibility index (Phi) is 6.29. The highest BCUT2D eigenvalue weighted by molar-refractivity contribution is 5.82. The van der Waals surface area contributed by atoms with E-state index in [1.165, 1.54) is 5.56 Å². The highest BCUT2D eigenvalue weighted by atomic mass is 16.5. The number of hydrogen-bond acceptors (Lipinski definition) is 5. The number of β-amino-alcohol motifs (C(OH)–C–C–N with tert-alkyl or cyclic N) is 1. The summed E-state index contributed by atoms with van der Waals surface area (Å²) in [4.78, 5) is 14.6. The van der Waals surface area contributed by atoms with Crippen molar-refractivity contribution < 1.29 is 14.6 Å². The highest BCUT2D eigenvalue weighted by Gasteiger charge is 2.28. The minimum absolute atomic E-state index is 0.0252. The molecule has 0 radical (unpaired) electrons. The van der Waals surface area contributed by atoms with Gasteiger partial charge in [0.1, 0.15) is 5.75 Å². The first kappa shape index (κ1) is 18.2. The molecule has 2 heterocycles. The van der Waals surface area contributed by atoms with Gasteiger partial charge in [-0.3, -0.25) is 9.69 Å². The number of rotatable bonds is 6. The molecule has 138 valence electrons. The highest BCUT2D eigenvalue weighted by Crippen LogP contribution is 2.20. The van der Waals surface area contributed by atoms with Gasteiger partial charge in [-0.25, -0.2) is 0 Å². The lowest BCUT2D eigenvalue weighted by atomic mass is 9.96. The monoisotopic (exact) mass is 347 g/mol. The number of amides is 1. The van der Waals surface area contributed by atoms with Crippen LogP contribution in [0.4, 0.5) is 0 Å². The molecule has 6 heteroatoms. The fourth-order valence-electron chi connectivity index (χ4n) is 3.62. The van der Waals surface area contributed by atoms with E-state index in [2.05, 4.69) is 27.7 Å². The van der Waals surface area contributed by atoms with E-state index in [0.29, 0.717) is 18.9 Å². The van der Waals surface area contributed by atoms with E-state index in [4.69, 9.17) is 4.74 Å². The maximum Gasteiger partial charge on any atom is 0.237 e. The summed E-state index contributed by atoms with van der Waals surface area (Å²) in [6.07, 6.45) is 2.34. The molecule has 1 aromatic rings. The molecule has 0 saturated carbocycles. The average Bonchev–Trinajstić information content (AvgIpc) is 3.08. The van der Waals surface area contributed by atoms with E-state index in [-0.39, 0.29) is 11.9 Å². The number of likely N-dealkylation sites (tertiary alicyclic amines) is 1. The minimum atomic E-state index is -0.392. The van der Waals surface area contributed by atoms with Gasteiger partial charge in [0.05, 0.1) is 19.3 Å². The van der Waals surface area contributed by atoms with Crippen molar-refractivity contribution in [3.63, 3.8) is 0 Å². The van der Waals surface area contributed by atoms with Gasteiger partial charge in [0.2, 0.25) is 5.91 Å². The number of aliphatic hydroxyl groups excluding tert-OH is 1. The van der Waals surface area contributed by atoms with Crippen molar-refractivity contribution in [1.82, 2.24) is 15.5 Å². The van der Waals surface area contributed by atoms with E-state index in [1.54, 1.807) is 7.11 Å². The molecular formula is C19H29N3O3. The van der Waals surface area contributed by atoms with Crippen LogP contribution < -0.4 is 15.4 Å². The Hall–Kier alpha value is -1.63. The Bertz CT molecular complexity index is 556. The first-order valence-electron chi connectivity index (χ1n) is 9.18. The van der Waals surface area contributed by atoms with Crippen molar-refractivity contribution in [2.75, 3.05) is 33.3 Å². The molecule has 0 spiro atoms. The summed E-state index contributed by atoms with van der Waals surface area (Å²) in [5.41, 5.74) is 1.30. The van der Waals surface area contributed by atoms with Crippen LogP contribution in [0.1, 0.15) is 24.8 Å². The van der Waals surface area contributed by atoms with Crippen LogP contribution in [0.15, 0.2) is 24.3 Å². The van der Waals surface area contributed by atoms with Crippen LogP contribution in [0, 0.1) is 5.92 Å². The summed E-state index contributed by atoms with van der Waals surface area (Å²) in [5, 5.41) is 15.6. The molecule has 2 unspecified atom stereocenters. The summed E-state index contributed by atoms with van der Waals surface area (Å²) in [5.74, 6) is 1.46. The van der Waals surface area contributed by atoms with Crippen LogP contribution >= 0.6 is 0 Å². The fraction of sp³-hybridized carbons (Fsp3) is 0.632. The minimum Gasteiger partial charge on any atom is -0.497 e. The number of methoxy groups -OCH3 is 1. The van der Waals surface area contributed by atoms with E-state index in [0.717, 1.165) is 44.8 Å². The number of piperidine rings is 1. The van der Waals surface area contributed by atoms with E-state index < -0.39 is 6.10 Å². The third-order valence-corrected chi connectivity index (χ3v) is 5.26. The van der Waals surface area contributed by atoms with Gasteiger partial charge < -0.3 is 20.5 Å². The molecule has 2 aliphatic heterocycles. The smallest absolute Gasteiger partial charge is 0.237 e. The molecule has 1 aromatic carbocycles. The number of ether oxygens (including phenoxy) is 1.